The minimum absolute atomic E-state index is 0.132. The predicted molar refractivity (Wildman–Crippen MR) is 71.2 cm³/mol. The highest BCUT2D eigenvalue weighted by Gasteiger charge is 2.15. The van der Waals surface area contributed by atoms with Crippen molar-refractivity contribution in [3.05, 3.63) is 41.5 Å². The first-order valence-electron chi connectivity index (χ1n) is 5.93. The SMILES string of the molecule is Cc1ccc(C(=O)O)c(NC(C)c2nncn2C)c1. The van der Waals surface area contributed by atoms with Crippen LogP contribution in [0.2, 0.25) is 0 Å². The van der Waals surface area contributed by atoms with E-state index < -0.39 is 5.97 Å². The van der Waals surface area contributed by atoms with Gasteiger partial charge in [0.25, 0.3) is 0 Å². The number of nitrogens with zero attached hydrogens (tertiary/aromatic N) is 3. The Balaban J connectivity index is 2.30. The summed E-state index contributed by atoms with van der Waals surface area (Å²) in [7, 11) is 1.85. The van der Waals surface area contributed by atoms with Crippen LogP contribution in [0.3, 0.4) is 0 Å². The molecule has 1 heterocycles. The fourth-order valence-corrected chi connectivity index (χ4v) is 1.95. The zero-order valence-electron chi connectivity index (χ0n) is 11.1. The van der Waals surface area contributed by atoms with Gasteiger partial charge in [-0.15, -0.1) is 10.2 Å². The van der Waals surface area contributed by atoms with Gasteiger partial charge in [-0.25, -0.2) is 4.79 Å². The molecule has 0 radical (unpaired) electrons. The van der Waals surface area contributed by atoms with Gasteiger partial charge >= 0.3 is 5.97 Å². The average Bonchev–Trinajstić information content (AvgIpc) is 2.75. The third kappa shape index (κ3) is 2.73. The highest BCUT2D eigenvalue weighted by atomic mass is 16.4. The summed E-state index contributed by atoms with van der Waals surface area (Å²) in [6.45, 7) is 3.84. The van der Waals surface area contributed by atoms with Gasteiger partial charge in [0, 0.05) is 12.7 Å². The van der Waals surface area contributed by atoms with Crippen LogP contribution in [-0.2, 0) is 7.05 Å². The molecule has 0 spiro atoms. The lowest BCUT2D eigenvalue weighted by atomic mass is 10.1. The van der Waals surface area contributed by atoms with Crippen molar-refractivity contribution in [3.8, 4) is 0 Å². The number of nitrogens with one attached hydrogen (secondary N) is 1. The summed E-state index contributed by atoms with van der Waals surface area (Å²) in [6.07, 6.45) is 1.61. The highest BCUT2D eigenvalue weighted by molar-refractivity contribution is 5.94. The van der Waals surface area contributed by atoms with E-state index in [0.717, 1.165) is 11.4 Å². The van der Waals surface area contributed by atoms with Gasteiger partial charge < -0.3 is 15.0 Å². The molecule has 19 heavy (non-hydrogen) atoms. The largest absolute Gasteiger partial charge is 0.478 e. The Hall–Kier alpha value is -2.37. The number of hydrogen-bond donors (Lipinski definition) is 2. The fourth-order valence-electron chi connectivity index (χ4n) is 1.95. The summed E-state index contributed by atoms with van der Waals surface area (Å²) in [6, 6.07) is 5.06. The number of aromatic nitrogens is 3. The molecule has 0 amide bonds. The number of anilines is 1. The molecule has 1 unspecified atom stereocenters. The van der Waals surface area contributed by atoms with E-state index in [0.29, 0.717) is 5.69 Å². The normalized spacial score (nSPS) is 12.2. The molecule has 0 aliphatic carbocycles. The molecule has 0 saturated heterocycles. The van der Waals surface area contributed by atoms with Gasteiger partial charge in [0.1, 0.15) is 6.33 Å². The van der Waals surface area contributed by atoms with Crippen molar-refractivity contribution in [3.63, 3.8) is 0 Å². The fraction of sp³-hybridized carbons (Fsp3) is 0.308. The third-order valence-corrected chi connectivity index (χ3v) is 2.91. The summed E-state index contributed by atoms with van der Waals surface area (Å²) < 4.78 is 1.80. The molecular weight excluding hydrogens is 244 g/mol. The zero-order chi connectivity index (χ0) is 14.0. The van der Waals surface area contributed by atoms with Gasteiger partial charge in [-0.3, -0.25) is 0 Å². The lowest BCUT2D eigenvalue weighted by Crippen LogP contribution is -2.14. The van der Waals surface area contributed by atoms with E-state index in [9.17, 15) is 9.90 Å². The standard InChI is InChI=1S/C13H16N4O2/c1-8-4-5-10(13(18)19)11(6-8)15-9(2)12-16-14-7-17(12)3/h4-7,9,15H,1-3H3,(H,18,19). The quantitative estimate of drug-likeness (QED) is 0.878. The van der Waals surface area contributed by atoms with Gasteiger partial charge in [-0.05, 0) is 31.5 Å². The van der Waals surface area contributed by atoms with Crippen molar-refractivity contribution in [1.29, 1.82) is 0 Å². The smallest absolute Gasteiger partial charge is 0.337 e. The third-order valence-electron chi connectivity index (χ3n) is 2.91. The maximum Gasteiger partial charge on any atom is 0.337 e. The molecular formula is C13H16N4O2. The Kier molecular flexibility index (Phi) is 3.50. The number of carboxylic acids is 1. The molecule has 2 rings (SSSR count). The number of aryl methyl sites for hydroxylation is 2. The lowest BCUT2D eigenvalue weighted by Gasteiger charge is -2.16. The van der Waals surface area contributed by atoms with E-state index in [-0.39, 0.29) is 11.6 Å². The summed E-state index contributed by atoms with van der Waals surface area (Å²) >= 11 is 0. The van der Waals surface area contributed by atoms with Crippen LogP contribution in [0.25, 0.3) is 0 Å². The molecule has 6 nitrogen and oxygen atoms in total. The second-order valence-corrected chi connectivity index (χ2v) is 4.52. The minimum atomic E-state index is -0.951. The number of hydrogen-bond acceptors (Lipinski definition) is 4. The van der Waals surface area contributed by atoms with Gasteiger partial charge in [-0.1, -0.05) is 6.07 Å². The van der Waals surface area contributed by atoms with E-state index in [1.165, 1.54) is 0 Å². The number of carboxylic acid groups (broad SMARTS) is 1. The first kappa shape index (κ1) is 13.1. The van der Waals surface area contributed by atoms with Crippen LogP contribution >= 0.6 is 0 Å². The molecule has 0 fully saturated rings. The van der Waals surface area contributed by atoms with E-state index in [1.807, 2.05) is 27.0 Å². The van der Waals surface area contributed by atoms with Crippen molar-refractivity contribution >= 4 is 11.7 Å². The summed E-state index contributed by atoms with van der Waals surface area (Å²) in [5.41, 5.74) is 1.83. The van der Waals surface area contributed by atoms with E-state index in [4.69, 9.17) is 0 Å². The average molecular weight is 260 g/mol. The Morgan fingerprint density at radius 2 is 2.21 bits per heavy atom. The maximum atomic E-state index is 11.2. The molecule has 1 aromatic carbocycles. The van der Waals surface area contributed by atoms with Gasteiger partial charge in [0.15, 0.2) is 5.82 Å². The molecule has 0 bridgehead atoms. The van der Waals surface area contributed by atoms with Crippen LogP contribution in [-0.4, -0.2) is 25.8 Å². The molecule has 0 aliphatic heterocycles. The summed E-state index contributed by atoms with van der Waals surface area (Å²) in [5.74, 6) is -0.203. The zero-order valence-corrected chi connectivity index (χ0v) is 11.1. The number of benzene rings is 1. The second kappa shape index (κ2) is 5.09. The van der Waals surface area contributed by atoms with Crippen LogP contribution in [0, 0.1) is 6.92 Å². The van der Waals surface area contributed by atoms with E-state index in [1.54, 1.807) is 23.0 Å². The predicted octanol–water partition coefficient (Wildman–Crippen LogP) is 1.99. The monoisotopic (exact) mass is 260 g/mol. The van der Waals surface area contributed by atoms with Gasteiger partial charge in [-0.2, -0.15) is 0 Å². The minimum Gasteiger partial charge on any atom is -0.478 e. The van der Waals surface area contributed by atoms with Crippen molar-refractivity contribution in [2.45, 2.75) is 19.9 Å². The van der Waals surface area contributed by atoms with E-state index >= 15 is 0 Å². The second-order valence-electron chi connectivity index (χ2n) is 4.52. The van der Waals surface area contributed by atoms with Crippen molar-refractivity contribution < 1.29 is 9.90 Å². The van der Waals surface area contributed by atoms with Crippen LogP contribution in [0.5, 0.6) is 0 Å². The van der Waals surface area contributed by atoms with E-state index in [2.05, 4.69) is 15.5 Å². The first-order chi connectivity index (χ1) is 8.99. The number of carbonyl (C=O) groups is 1. The van der Waals surface area contributed by atoms with Crippen molar-refractivity contribution in [2.75, 3.05) is 5.32 Å². The summed E-state index contributed by atoms with van der Waals surface area (Å²) in [4.78, 5) is 11.2. The van der Waals surface area contributed by atoms with Crippen LogP contribution in [0.15, 0.2) is 24.5 Å². The molecule has 0 aliphatic rings. The Morgan fingerprint density at radius 1 is 1.47 bits per heavy atom. The Bertz CT molecular complexity index is 606. The summed E-state index contributed by atoms with van der Waals surface area (Å²) in [5, 5.41) is 20.2. The van der Waals surface area contributed by atoms with Crippen LogP contribution in [0.1, 0.15) is 34.7 Å². The Morgan fingerprint density at radius 3 is 2.79 bits per heavy atom. The Labute approximate surface area is 111 Å². The highest BCUT2D eigenvalue weighted by Crippen LogP contribution is 2.22. The number of rotatable bonds is 4. The van der Waals surface area contributed by atoms with Gasteiger partial charge in [0.2, 0.25) is 0 Å². The van der Waals surface area contributed by atoms with Gasteiger partial charge in [0.05, 0.1) is 11.6 Å². The molecule has 2 N–H and O–H groups in total. The van der Waals surface area contributed by atoms with Crippen LogP contribution < -0.4 is 5.32 Å². The lowest BCUT2D eigenvalue weighted by molar-refractivity contribution is 0.0698. The molecule has 6 heteroatoms. The molecule has 1 aromatic heterocycles. The maximum absolute atomic E-state index is 11.2. The number of aromatic carboxylic acids is 1. The van der Waals surface area contributed by atoms with Crippen molar-refractivity contribution in [2.24, 2.45) is 7.05 Å². The topological polar surface area (TPSA) is 80.0 Å². The van der Waals surface area contributed by atoms with Crippen LogP contribution in [0.4, 0.5) is 5.69 Å². The molecule has 2 aromatic rings. The molecule has 0 saturated carbocycles. The molecule has 1 atom stereocenters. The van der Waals surface area contributed by atoms with Crippen molar-refractivity contribution in [1.82, 2.24) is 14.8 Å². The first-order valence-corrected chi connectivity index (χ1v) is 5.93. The molecule has 100 valence electrons.